The molecule has 0 aliphatic rings. The van der Waals surface area contributed by atoms with Crippen LogP contribution in [0.3, 0.4) is 0 Å². The lowest BCUT2D eigenvalue weighted by molar-refractivity contribution is 0.527. The summed E-state index contributed by atoms with van der Waals surface area (Å²) in [5.74, 6) is 1.84. The Labute approximate surface area is 107 Å². The van der Waals surface area contributed by atoms with Crippen LogP contribution in [0.5, 0.6) is 0 Å². The van der Waals surface area contributed by atoms with Crippen LogP contribution in [0.25, 0.3) is 0 Å². The number of anilines is 1. The van der Waals surface area contributed by atoms with Gasteiger partial charge in [-0.2, -0.15) is 0 Å². The summed E-state index contributed by atoms with van der Waals surface area (Å²) in [7, 11) is 0. The van der Waals surface area contributed by atoms with Gasteiger partial charge >= 0.3 is 0 Å². The van der Waals surface area contributed by atoms with Gasteiger partial charge in [0.1, 0.15) is 5.76 Å². The Morgan fingerprint density at radius 1 is 1.38 bits per heavy atom. The van der Waals surface area contributed by atoms with Crippen LogP contribution < -0.4 is 5.73 Å². The Morgan fingerprint density at radius 2 is 2.19 bits per heavy atom. The van der Waals surface area contributed by atoms with Crippen molar-refractivity contribution in [3.8, 4) is 0 Å². The molecule has 1 aromatic heterocycles. The second-order valence-corrected chi connectivity index (χ2v) is 5.26. The Balaban J connectivity index is 2.11. The largest absolute Gasteiger partial charge is 0.468 e. The van der Waals surface area contributed by atoms with Crippen molar-refractivity contribution in [2.24, 2.45) is 0 Å². The summed E-state index contributed by atoms with van der Waals surface area (Å²) < 4.78 is 6.24. The molecule has 2 N–H and O–H groups in total. The summed E-state index contributed by atoms with van der Waals surface area (Å²) in [6.45, 7) is 1.97. The number of hydrogen-bond donors (Lipinski definition) is 1. The number of nitrogen functional groups attached to an aromatic ring is 1. The summed E-state index contributed by atoms with van der Waals surface area (Å²) in [5.41, 5.74) is 7.80. The summed E-state index contributed by atoms with van der Waals surface area (Å²) in [6.07, 6.45) is 1.71. The highest BCUT2D eigenvalue weighted by Gasteiger charge is 2.06. The second kappa shape index (κ2) is 4.97. The van der Waals surface area contributed by atoms with E-state index in [-0.39, 0.29) is 0 Å². The molecule has 0 atom stereocenters. The molecule has 0 bridgehead atoms. The van der Waals surface area contributed by atoms with Gasteiger partial charge in [0, 0.05) is 20.8 Å². The third kappa shape index (κ3) is 2.44. The molecule has 0 saturated carbocycles. The van der Waals surface area contributed by atoms with E-state index < -0.39 is 0 Å². The van der Waals surface area contributed by atoms with Crippen molar-refractivity contribution in [3.63, 3.8) is 0 Å². The normalized spacial score (nSPS) is 10.6. The smallest absolute Gasteiger partial charge is 0.114 e. The van der Waals surface area contributed by atoms with E-state index in [1.54, 1.807) is 18.0 Å². The van der Waals surface area contributed by atoms with Crippen molar-refractivity contribution in [2.45, 2.75) is 17.6 Å². The van der Waals surface area contributed by atoms with Crippen LogP contribution in [0.15, 0.2) is 44.3 Å². The van der Waals surface area contributed by atoms with Gasteiger partial charge in [-0.25, -0.2) is 0 Å². The molecule has 4 heteroatoms. The van der Waals surface area contributed by atoms with Crippen molar-refractivity contribution in [3.05, 3.63) is 46.3 Å². The average Bonchev–Trinajstić information content (AvgIpc) is 2.67. The van der Waals surface area contributed by atoms with Crippen molar-refractivity contribution >= 4 is 33.4 Å². The Morgan fingerprint density at radius 3 is 2.88 bits per heavy atom. The molecule has 2 aromatic rings. The van der Waals surface area contributed by atoms with Gasteiger partial charge in [0.15, 0.2) is 0 Å². The van der Waals surface area contributed by atoms with Crippen molar-refractivity contribution in [1.29, 1.82) is 0 Å². The molecule has 0 aliphatic heterocycles. The first-order valence-corrected chi connectivity index (χ1v) is 6.66. The number of thioether (sulfide) groups is 1. The molecule has 1 heterocycles. The van der Waals surface area contributed by atoms with E-state index in [0.717, 1.165) is 21.7 Å². The second-order valence-electron chi connectivity index (χ2n) is 3.45. The highest BCUT2D eigenvalue weighted by atomic mass is 79.9. The maximum absolute atomic E-state index is 5.82. The number of benzene rings is 1. The molecule has 0 spiro atoms. The molecule has 16 heavy (non-hydrogen) atoms. The molecule has 0 radical (unpaired) electrons. The summed E-state index contributed by atoms with van der Waals surface area (Å²) in [5, 5.41) is 0. The molecule has 0 aliphatic carbocycles. The first kappa shape index (κ1) is 11.6. The minimum Gasteiger partial charge on any atom is -0.468 e. The highest BCUT2D eigenvalue weighted by molar-refractivity contribution is 9.10. The molecular formula is C12H12BrNOS. The minimum absolute atomic E-state index is 0.780. The molecular weight excluding hydrogens is 286 g/mol. The van der Waals surface area contributed by atoms with Gasteiger partial charge in [-0.05, 0) is 40.5 Å². The van der Waals surface area contributed by atoms with E-state index in [4.69, 9.17) is 10.2 Å². The van der Waals surface area contributed by atoms with Gasteiger partial charge in [-0.3, -0.25) is 0 Å². The van der Waals surface area contributed by atoms with Gasteiger partial charge in [0.05, 0.1) is 6.26 Å². The van der Waals surface area contributed by atoms with Crippen molar-refractivity contribution in [2.75, 3.05) is 5.73 Å². The predicted octanol–water partition coefficient (Wildman–Crippen LogP) is 4.23. The van der Waals surface area contributed by atoms with E-state index >= 15 is 0 Å². The Kier molecular flexibility index (Phi) is 3.61. The van der Waals surface area contributed by atoms with Gasteiger partial charge in [0.25, 0.3) is 0 Å². The van der Waals surface area contributed by atoms with Gasteiger partial charge in [-0.1, -0.05) is 12.1 Å². The molecule has 0 amide bonds. The van der Waals surface area contributed by atoms with Gasteiger partial charge < -0.3 is 10.2 Å². The van der Waals surface area contributed by atoms with E-state index in [0.29, 0.717) is 0 Å². The molecule has 2 rings (SSSR count). The van der Waals surface area contributed by atoms with Gasteiger partial charge in [0.2, 0.25) is 0 Å². The summed E-state index contributed by atoms with van der Waals surface area (Å²) in [4.78, 5) is 1.18. The van der Waals surface area contributed by atoms with Gasteiger partial charge in [-0.15, -0.1) is 11.8 Å². The number of nitrogens with two attached hydrogens (primary N) is 1. The molecule has 84 valence electrons. The lowest BCUT2D eigenvalue weighted by atomic mass is 10.2. The van der Waals surface area contributed by atoms with Crippen molar-refractivity contribution in [1.82, 2.24) is 0 Å². The number of halogens is 1. The number of rotatable bonds is 3. The minimum atomic E-state index is 0.780. The lowest BCUT2D eigenvalue weighted by Crippen LogP contribution is -1.90. The maximum Gasteiger partial charge on any atom is 0.114 e. The zero-order chi connectivity index (χ0) is 11.5. The van der Waals surface area contributed by atoms with E-state index in [1.807, 2.05) is 25.1 Å². The summed E-state index contributed by atoms with van der Waals surface area (Å²) >= 11 is 5.25. The van der Waals surface area contributed by atoms with Crippen LogP contribution in [-0.2, 0) is 5.75 Å². The fraction of sp³-hybridized carbons (Fsp3) is 0.167. The zero-order valence-corrected chi connectivity index (χ0v) is 11.3. The topological polar surface area (TPSA) is 39.2 Å². The maximum atomic E-state index is 5.82. The van der Waals surface area contributed by atoms with Crippen LogP contribution in [0.4, 0.5) is 5.69 Å². The van der Waals surface area contributed by atoms with Crippen LogP contribution in [0.2, 0.25) is 0 Å². The first-order valence-electron chi connectivity index (χ1n) is 4.88. The first-order chi connectivity index (χ1) is 7.68. The third-order valence-electron chi connectivity index (χ3n) is 2.30. The number of furan rings is 1. The molecule has 0 fully saturated rings. The standard InChI is InChI=1S/C12H12BrNOS/c1-8-11(5-6-15-8)16-7-9-3-2-4-10(14)12(9)13/h2-6H,7,14H2,1H3. The molecule has 0 saturated heterocycles. The molecule has 1 aromatic carbocycles. The van der Waals surface area contributed by atoms with Crippen LogP contribution in [0, 0.1) is 6.92 Å². The van der Waals surface area contributed by atoms with E-state index in [2.05, 4.69) is 22.0 Å². The quantitative estimate of drug-likeness (QED) is 0.681. The van der Waals surface area contributed by atoms with E-state index in [1.165, 1.54) is 10.5 Å². The number of hydrogen-bond acceptors (Lipinski definition) is 3. The summed E-state index contributed by atoms with van der Waals surface area (Å²) in [6, 6.07) is 7.92. The molecule has 0 unspecified atom stereocenters. The van der Waals surface area contributed by atoms with Crippen LogP contribution >= 0.6 is 27.7 Å². The van der Waals surface area contributed by atoms with Crippen LogP contribution in [0.1, 0.15) is 11.3 Å². The fourth-order valence-corrected chi connectivity index (χ4v) is 2.93. The Hall–Kier alpha value is -0.870. The van der Waals surface area contributed by atoms with Crippen LogP contribution in [-0.4, -0.2) is 0 Å². The van der Waals surface area contributed by atoms with Crippen molar-refractivity contribution < 1.29 is 4.42 Å². The average molecular weight is 298 g/mol. The predicted molar refractivity (Wildman–Crippen MR) is 71.6 cm³/mol. The lowest BCUT2D eigenvalue weighted by Gasteiger charge is -2.06. The zero-order valence-electron chi connectivity index (χ0n) is 8.87. The SMILES string of the molecule is Cc1occc1SCc1cccc(N)c1Br. The Bertz CT molecular complexity index is 496. The monoisotopic (exact) mass is 297 g/mol. The van der Waals surface area contributed by atoms with E-state index in [9.17, 15) is 0 Å². The fourth-order valence-electron chi connectivity index (χ4n) is 1.39. The highest BCUT2D eigenvalue weighted by Crippen LogP contribution is 2.31. The third-order valence-corrected chi connectivity index (χ3v) is 4.46. The molecule has 2 nitrogen and oxygen atoms in total. The number of aryl methyl sites for hydroxylation is 1.